The molecule has 1 aliphatic carbocycles. The molecule has 3 atom stereocenters. The summed E-state index contributed by atoms with van der Waals surface area (Å²) < 4.78 is 6.20. The predicted octanol–water partition coefficient (Wildman–Crippen LogP) is 7.06. The molecule has 2 heterocycles. The van der Waals surface area contributed by atoms with Crippen LogP contribution in [0, 0.1) is 17.2 Å². The number of benzene rings is 2. The zero-order chi connectivity index (χ0) is 35.5. The molecule has 0 radical (unpaired) electrons. The van der Waals surface area contributed by atoms with Crippen LogP contribution in [0.1, 0.15) is 70.7 Å². The number of rotatable bonds is 8. The monoisotopic (exact) mass is 704 g/mol. The first-order valence-electron chi connectivity index (χ1n) is 16.9. The lowest BCUT2D eigenvalue weighted by molar-refractivity contribution is -0.124. The minimum atomic E-state index is -0.742. The van der Waals surface area contributed by atoms with Gasteiger partial charge in [-0.2, -0.15) is 5.26 Å². The molecule has 1 unspecified atom stereocenters. The Kier molecular flexibility index (Phi) is 11.1. The van der Waals surface area contributed by atoms with Gasteiger partial charge in [0, 0.05) is 47.7 Å². The lowest BCUT2D eigenvalue weighted by atomic mass is 9.85. The van der Waals surface area contributed by atoms with Gasteiger partial charge in [-0.25, -0.2) is 4.79 Å². The highest BCUT2D eigenvalue weighted by Crippen LogP contribution is 2.43. The number of amidine groups is 1. The van der Waals surface area contributed by atoms with Gasteiger partial charge >= 0.3 is 6.03 Å². The van der Waals surface area contributed by atoms with Gasteiger partial charge in [-0.3, -0.25) is 19.6 Å². The predicted molar refractivity (Wildman–Crippen MR) is 195 cm³/mol. The van der Waals surface area contributed by atoms with Gasteiger partial charge in [0.05, 0.1) is 42.3 Å². The van der Waals surface area contributed by atoms with E-state index in [1.165, 1.54) is 0 Å². The van der Waals surface area contributed by atoms with Gasteiger partial charge in [-0.15, -0.1) is 0 Å². The normalized spacial score (nSPS) is 21.6. The van der Waals surface area contributed by atoms with Crippen LogP contribution in [0.15, 0.2) is 70.7 Å². The molecule has 0 saturated carbocycles. The molecule has 3 aliphatic rings. The van der Waals surface area contributed by atoms with Crippen molar-refractivity contribution in [3.05, 3.63) is 87.4 Å². The van der Waals surface area contributed by atoms with Gasteiger partial charge in [0.2, 0.25) is 5.91 Å². The first-order chi connectivity index (χ1) is 23.2. The third-order valence-corrected chi connectivity index (χ3v) is 9.63. The lowest BCUT2D eigenvalue weighted by Crippen LogP contribution is -2.56. The van der Waals surface area contributed by atoms with Crippen LogP contribution in [0.2, 0.25) is 5.02 Å². The zero-order valence-corrected chi connectivity index (χ0v) is 30.7. The Labute approximate surface area is 300 Å². The van der Waals surface area contributed by atoms with Crippen LogP contribution in [0.4, 0.5) is 4.79 Å². The molecule has 2 aliphatic heterocycles. The number of hydrogen-bond donors (Lipinski definition) is 1. The quantitative estimate of drug-likeness (QED) is 0.317. The van der Waals surface area contributed by atoms with Crippen molar-refractivity contribution in [2.24, 2.45) is 10.9 Å². The summed E-state index contributed by atoms with van der Waals surface area (Å²) in [5.74, 6) is 1.02. The van der Waals surface area contributed by atoms with Crippen molar-refractivity contribution in [1.82, 2.24) is 20.0 Å². The molecular formula is C38H46Cl2N6O3. The van der Waals surface area contributed by atoms with Crippen LogP contribution in [-0.2, 0) is 10.2 Å². The van der Waals surface area contributed by atoms with Gasteiger partial charge in [0.25, 0.3) is 0 Å². The van der Waals surface area contributed by atoms with E-state index in [4.69, 9.17) is 32.9 Å². The fourth-order valence-electron chi connectivity index (χ4n) is 6.51. The summed E-state index contributed by atoms with van der Waals surface area (Å²) in [4.78, 5) is 38.6. The summed E-state index contributed by atoms with van der Waals surface area (Å²) in [7, 11) is 0. The highest BCUT2D eigenvalue weighted by Gasteiger charge is 2.46. The van der Waals surface area contributed by atoms with Crippen molar-refractivity contribution in [3.8, 4) is 11.8 Å². The largest absolute Gasteiger partial charge is 0.493 e. The molecule has 9 nitrogen and oxygen atoms in total. The van der Waals surface area contributed by atoms with E-state index in [0.717, 1.165) is 11.1 Å². The standard InChI is InChI=1S/C38H46Cl2N6O3/c1-7-49-31-22-27(38(5,6)24-41)12-17-30(31)35-42-33(25-8-13-28(39)14-9-25)34(26-10-15-29(40)16-11-26)46(35)36(48)45-20-18-44(19-21-45)23-32(47)43-37(2,3)4/h8,10-17,22,25,33-34H,7,9,18-21,23H2,1-6H3,(H,43,47)/t25?,33-,34+/m0/s1. The van der Waals surface area contributed by atoms with Gasteiger partial charge in [-0.05, 0) is 89.4 Å². The first-order valence-corrected chi connectivity index (χ1v) is 17.6. The SMILES string of the molecule is CCOc1cc(C(C)(C)C#N)ccc1C1=N[C@@H](C2C=CC(Cl)=CC2)[C@@H](c2ccc(Cl)cc2)N1C(=O)N1CCN(CC(=O)NC(C)(C)C)CC1. The van der Waals surface area contributed by atoms with Crippen molar-refractivity contribution in [2.45, 2.75) is 71.0 Å². The van der Waals surface area contributed by atoms with E-state index in [1.807, 2.05) is 106 Å². The molecule has 3 amide bonds. The van der Waals surface area contributed by atoms with E-state index >= 15 is 0 Å². The minimum Gasteiger partial charge on any atom is -0.493 e. The Balaban J connectivity index is 1.55. The van der Waals surface area contributed by atoms with E-state index in [9.17, 15) is 14.9 Å². The Bertz CT molecular complexity index is 1680. The van der Waals surface area contributed by atoms with E-state index < -0.39 is 11.5 Å². The van der Waals surface area contributed by atoms with Crippen molar-refractivity contribution < 1.29 is 14.3 Å². The molecule has 5 rings (SSSR count). The maximum Gasteiger partial charge on any atom is 0.326 e. The summed E-state index contributed by atoms with van der Waals surface area (Å²) in [6.45, 7) is 14.3. The topological polar surface area (TPSA) is 101 Å². The molecule has 0 spiro atoms. The van der Waals surface area contributed by atoms with Crippen LogP contribution in [-0.4, -0.2) is 83.4 Å². The van der Waals surface area contributed by atoms with Crippen LogP contribution in [0.3, 0.4) is 0 Å². The highest BCUT2D eigenvalue weighted by atomic mass is 35.5. The molecule has 2 aromatic rings. The number of nitriles is 1. The average Bonchev–Trinajstić information content (AvgIpc) is 3.45. The van der Waals surface area contributed by atoms with E-state index in [2.05, 4.69) is 22.4 Å². The second-order valence-electron chi connectivity index (χ2n) is 14.4. The molecule has 0 aromatic heterocycles. The molecule has 49 heavy (non-hydrogen) atoms. The van der Waals surface area contributed by atoms with Crippen molar-refractivity contribution in [1.29, 1.82) is 5.26 Å². The van der Waals surface area contributed by atoms with Gasteiger partial charge in [0.1, 0.15) is 11.6 Å². The number of halogens is 2. The number of nitrogens with zero attached hydrogens (tertiary/aromatic N) is 5. The number of amides is 3. The van der Waals surface area contributed by atoms with Crippen LogP contribution < -0.4 is 10.1 Å². The molecule has 260 valence electrons. The zero-order valence-electron chi connectivity index (χ0n) is 29.2. The fourth-order valence-corrected chi connectivity index (χ4v) is 6.80. The number of aliphatic imine (C=N–C) groups is 1. The Morgan fingerprint density at radius 1 is 1.04 bits per heavy atom. The van der Waals surface area contributed by atoms with Crippen molar-refractivity contribution in [3.63, 3.8) is 0 Å². The van der Waals surface area contributed by atoms with Gasteiger partial charge in [0.15, 0.2) is 0 Å². The number of carbonyl (C=O) groups excluding carboxylic acids is 2. The highest BCUT2D eigenvalue weighted by molar-refractivity contribution is 6.31. The van der Waals surface area contributed by atoms with Crippen LogP contribution in [0.5, 0.6) is 5.75 Å². The number of hydrogen-bond acceptors (Lipinski definition) is 6. The molecule has 1 N–H and O–H groups in total. The van der Waals surface area contributed by atoms with Crippen LogP contribution in [0.25, 0.3) is 0 Å². The summed E-state index contributed by atoms with van der Waals surface area (Å²) in [5, 5.41) is 14.2. The van der Waals surface area contributed by atoms with Crippen molar-refractivity contribution in [2.75, 3.05) is 39.3 Å². The summed E-state index contributed by atoms with van der Waals surface area (Å²) in [5.41, 5.74) is 1.35. The van der Waals surface area contributed by atoms with Gasteiger partial charge in [-0.1, -0.05) is 53.6 Å². The molecule has 1 fully saturated rings. The number of ether oxygens (including phenoxy) is 1. The summed E-state index contributed by atoms with van der Waals surface area (Å²) in [6.07, 6.45) is 6.64. The lowest BCUT2D eigenvalue weighted by Gasteiger charge is -2.39. The Morgan fingerprint density at radius 3 is 2.33 bits per heavy atom. The second kappa shape index (κ2) is 15.0. The van der Waals surface area contributed by atoms with Crippen molar-refractivity contribution >= 4 is 41.0 Å². The second-order valence-corrected chi connectivity index (χ2v) is 15.3. The maximum atomic E-state index is 14.9. The summed E-state index contributed by atoms with van der Waals surface area (Å²) >= 11 is 12.7. The smallest absolute Gasteiger partial charge is 0.326 e. The average molecular weight is 706 g/mol. The Morgan fingerprint density at radius 2 is 1.73 bits per heavy atom. The summed E-state index contributed by atoms with van der Waals surface area (Å²) in [6, 6.07) is 14.8. The number of piperazine rings is 1. The number of allylic oxidation sites excluding steroid dienone is 3. The molecule has 2 aromatic carbocycles. The number of carbonyl (C=O) groups is 2. The molecule has 11 heteroatoms. The third kappa shape index (κ3) is 8.49. The molecular weight excluding hydrogens is 659 g/mol. The minimum absolute atomic E-state index is 0.0264. The molecule has 1 saturated heterocycles. The van der Waals surface area contributed by atoms with Gasteiger partial charge < -0.3 is 15.0 Å². The van der Waals surface area contributed by atoms with E-state index in [1.54, 1.807) is 0 Å². The van der Waals surface area contributed by atoms with E-state index in [0.29, 0.717) is 66.4 Å². The number of urea groups is 1. The fraction of sp³-hybridized carbons (Fsp3) is 0.474. The van der Waals surface area contributed by atoms with Crippen LogP contribution >= 0.6 is 23.2 Å². The number of nitrogens with one attached hydrogen (secondary N) is 1. The third-order valence-electron chi connectivity index (χ3n) is 9.09. The molecule has 0 bridgehead atoms. The Hall–Kier alpha value is -3.84. The first kappa shape index (κ1) is 36.4. The maximum absolute atomic E-state index is 14.9. The van der Waals surface area contributed by atoms with E-state index in [-0.39, 0.29) is 36.0 Å².